The third-order valence-corrected chi connectivity index (χ3v) is 4.28. The van der Waals surface area contributed by atoms with E-state index < -0.39 is 0 Å². The molecule has 0 bridgehead atoms. The van der Waals surface area contributed by atoms with Crippen molar-refractivity contribution >= 4 is 28.1 Å². The van der Waals surface area contributed by atoms with E-state index in [1.165, 1.54) is 0 Å². The van der Waals surface area contributed by atoms with Gasteiger partial charge >= 0.3 is 0 Å². The SMILES string of the molecule is CC(CNC(=O)c1cccc2cc[nH]c12)c1nccs1. The van der Waals surface area contributed by atoms with Crippen LogP contribution in [0.1, 0.15) is 28.2 Å². The summed E-state index contributed by atoms with van der Waals surface area (Å²) in [5.41, 5.74) is 1.56. The maximum Gasteiger partial charge on any atom is 0.253 e. The Morgan fingerprint density at radius 1 is 1.45 bits per heavy atom. The summed E-state index contributed by atoms with van der Waals surface area (Å²) >= 11 is 1.61. The molecule has 0 radical (unpaired) electrons. The second kappa shape index (κ2) is 5.46. The van der Waals surface area contributed by atoms with Gasteiger partial charge in [-0.1, -0.05) is 19.1 Å². The van der Waals surface area contributed by atoms with Gasteiger partial charge in [0.2, 0.25) is 0 Å². The molecule has 1 unspecified atom stereocenters. The number of para-hydroxylation sites is 1. The van der Waals surface area contributed by atoms with Crippen LogP contribution in [0.5, 0.6) is 0 Å². The number of aromatic nitrogens is 2. The van der Waals surface area contributed by atoms with Crippen LogP contribution in [0.3, 0.4) is 0 Å². The maximum absolute atomic E-state index is 12.3. The monoisotopic (exact) mass is 285 g/mol. The molecular formula is C15H15N3OS. The number of thiazole rings is 1. The maximum atomic E-state index is 12.3. The van der Waals surface area contributed by atoms with E-state index in [9.17, 15) is 4.79 Å². The normalized spacial score (nSPS) is 12.4. The van der Waals surface area contributed by atoms with Crippen molar-refractivity contribution in [1.82, 2.24) is 15.3 Å². The largest absolute Gasteiger partial charge is 0.361 e. The van der Waals surface area contributed by atoms with E-state index in [2.05, 4.69) is 22.2 Å². The van der Waals surface area contributed by atoms with E-state index in [0.29, 0.717) is 12.1 Å². The van der Waals surface area contributed by atoms with Crippen LogP contribution in [0.25, 0.3) is 10.9 Å². The first-order chi connectivity index (χ1) is 9.75. The standard InChI is InChI=1S/C15H15N3OS/c1-10(15-17-7-8-20-15)9-18-14(19)12-4-2-3-11-5-6-16-13(11)12/h2-8,10,16H,9H2,1H3,(H,18,19). The average molecular weight is 285 g/mol. The van der Waals surface area contributed by atoms with E-state index in [4.69, 9.17) is 0 Å². The van der Waals surface area contributed by atoms with Gasteiger partial charge in [-0.05, 0) is 12.1 Å². The number of carbonyl (C=O) groups is 1. The number of carbonyl (C=O) groups excluding carboxylic acids is 1. The molecule has 1 atom stereocenters. The fourth-order valence-electron chi connectivity index (χ4n) is 2.18. The van der Waals surface area contributed by atoms with E-state index in [1.54, 1.807) is 17.5 Å². The first kappa shape index (κ1) is 12.9. The first-order valence-electron chi connectivity index (χ1n) is 6.49. The molecule has 3 aromatic rings. The summed E-state index contributed by atoms with van der Waals surface area (Å²) in [4.78, 5) is 19.7. The molecule has 3 rings (SSSR count). The van der Waals surface area contributed by atoms with Crippen molar-refractivity contribution in [3.05, 3.63) is 52.6 Å². The lowest BCUT2D eigenvalue weighted by molar-refractivity contribution is 0.0953. The van der Waals surface area contributed by atoms with Crippen LogP contribution >= 0.6 is 11.3 Å². The molecule has 20 heavy (non-hydrogen) atoms. The Balaban J connectivity index is 1.72. The topological polar surface area (TPSA) is 57.8 Å². The fourth-order valence-corrected chi connectivity index (χ4v) is 2.88. The van der Waals surface area contributed by atoms with Crippen LogP contribution in [-0.4, -0.2) is 22.4 Å². The number of hydrogen-bond donors (Lipinski definition) is 2. The molecule has 4 nitrogen and oxygen atoms in total. The second-order valence-electron chi connectivity index (χ2n) is 4.73. The second-order valence-corrected chi connectivity index (χ2v) is 5.66. The first-order valence-corrected chi connectivity index (χ1v) is 7.37. The quantitative estimate of drug-likeness (QED) is 0.773. The Bertz CT molecular complexity index is 718. The Hall–Kier alpha value is -2.14. The minimum absolute atomic E-state index is 0.0542. The van der Waals surface area contributed by atoms with Gasteiger partial charge in [-0.15, -0.1) is 11.3 Å². The van der Waals surface area contributed by atoms with Gasteiger partial charge in [0.15, 0.2) is 0 Å². The number of nitrogens with zero attached hydrogens (tertiary/aromatic N) is 1. The number of nitrogens with one attached hydrogen (secondary N) is 2. The van der Waals surface area contributed by atoms with Gasteiger partial charge in [0.1, 0.15) is 0 Å². The van der Waals surface area contributed by atoms with Crippen LogP contribution in [-0.2, 0) is 0 Å². The molecule has 2 heterocycles. The zero-order chi connectivity index (χ0) is 13.9. The molecule has 0 spiro atoms. The molecule has 2 aromatic heterocycles. The van der Waals surface area contributed by atoms with Crippen molar-refractivity contribution in [2.75, 3.05) is 6.54 Å². The lowest BCUT2D eigenvalue weighted by Gasteiger charge is -2.10. The van der Waals surface area contributed by atoms with Gasteiger partial charge in [-0.2, -0.15) is 0 Å². The highest BCUT2D eigenvalue weighted by Gasteiger charge is 2.13. The van der Waals surface area contributed by atoms with Gasteiger partial charge in [0.25, 0.3) is 5.91 Å². The molecule has 0 aliphatic carbocycles. The summed E-state index contributed by atoms with van der Waals surface area (Å²) in [6.45, 7) is 2.65. The van der Waals surface area contributed by atoms with Gasteiger partial charge in [0.05, 0.1) is 16.1 Å². The number of hydrogen-bond acceptors (Lipinski definition) is 3. The lowest BCUT2D eigenvalue weighted by Crippen LogP contribution is -2.27. The van der Waals surface area contributed by atoms with Crippen molar-refractivity contribution in [2.45, 2.75) is 12.8 Å². The van der Waals surface area contributed by atoms with Crippen molar-refractivity contribution in [3.8, 4) is 0 Å². The molecule has 0 aliphatic heterocycles. The highest BCUT2D eigenvalue weighted by Crippen LogP contribution is 2.18. The number of aromatic amines is 1. The smallest absolute Gasteiger partial charge is 0.253 e. The molecular weight excluding hydrogens is 270 g/mol. The molecule has 1 aromatic carbocycles. The van der Waals surface area contributed by atoms with Crippen LogP contribution in [0.2, 0.25) is 0 Å². The minimum atomic E-state index is -0.0542. The third kappa shape index (κ3) is 2.44. The van der Waals surface area contributed by atoms with Crippen LogP contribution in [0.4, 0.5) is 0 Å². The van der Waals surface area contributed by atoms with Crippen LogP contribution < -0.4 is 5.32 Å². The molecule has 0 aliphatic rings. The molecule has 0 fully saturated rings. The van der Waals surface area contributed by atoms with Crippen LogP contribution in [0, 0.1) is 0 Å². The Morgan fingerprint density at radius 2 is 2.35 bits per heavy atom. The van der Waals surface area contributed by atoms with Gasteiger partial charge in [-0.3, -0.25) is 4.79 Å². The van der Waals surface area contributed by atoms with E-state index >= 15 is 0 Å². The molecule has 102 valence electrons. The predicted molar refractivity (Wildman–Crippen MR) is 81.2 cm³/mol. The lowest BCUT2D eigenvalue weighted by atomic mass is 10.1. The highest BCUT2D eigenvalue weighted by atomic mass is 32.1. The zero-order valence-electron chi connectivity index (χ0n) is 11.1. The molecule has 5 heteroatoms. The average Bonchev–Trinajstić information content (AvgIpc) is 3.13. The molecule has 2 N–H and O–H groups in total. The van der Waals surface area contributed by atoms with Crippen molar-refractivity contribution < 1.29 is 4.79 Å². The summed E-state index contributed by atoms with van der Waals surface area (Å²) in [5.74, 6) is 0.170. The number of benzene rings is 1. The van der Waals surface area contributed by atoms with E-state index in [-0.39, 0.29) is 11.8 Å². The third-order valence-electron chi connectivity index (χ3n) is 3.27. The molecule has 1 amide bonds. The predicted octanol–water partition coefficient (Wildman–Crippen LogP) is 3.16. The van der Waals surface area contributed by atoms with E-state index in [1.807, 2.05) is 35.8 Å². The van der Waals surface area contributed by atoms with Crippen LogP contribution in [0.15, 0.2) is 42.0 Å². The number of rotatable bonds is 4. The summed E-state index contributed by atoms with van der Waals surface area (Å²) < 4.78 is 0. The fraction of sp³-hybridized carbons (Fsp3) is 0.200. The number of amides is 1. The van der Waals surface area contributed by atoms with Crippen molar-refractivity contribution in [3.63, 3.8) is 0 Å². The highest BCUT2D eigenvalue weighted by molar-refractivity contribution is 7.09. The van der Waals surface area contributed by atoms with Crippen molar-refractivity contribution in [1.29, 1.82) is 0 Å². The molecule has 0 saturated carbocycles. The summed E-state index contributed by atoms with van der Waals surface area (Å²) in [6.07, 6.45) is 3.64. The molecule has 0 saturated heterocycles. The van der Waals surface area contributed by atoms with Gasteiger partial charge in [-0.25, -0.2) is 4.98 Å². The zero-order valence-corrected chi connectivity index (χ0v) is 11.9. The minimum Gasteiger partial charge on any atom is -0.361 e. The summed E-state index contributed by atoms with van der Waals surface area (Å²) in [6, 6.07) is 7.68. The Morgan fingerprint density at radius 3 is 3.15 bits per heavy atom. The van der Waals surface area contributed by atoms with E-state index in [0.717, 1.165) is 15.9 Å². The van der Waals surface area contributed by atoms with Gasteiger partial charge < -0.3 is 10.3 Å². The number of H-pyrrole nitrogens is 1. The Labute approximate surface area is 120 Å². The Kier molecular flexibility index (Phi) is 3.52. The number of fused-ring (bicyclic) bond motifs is 1. The summed E-state index contributed by atoms with van der Waals surface area (Å²) in [7, 11) is 0. The summed E-state index contributed by atoms with van der Waals surface area (Å²) in [5, 5.41) is 7.02. The van der Waals surface area contributed by atoms with Gasteiger partial charge in [0, 0.05) is 35.6 Å². The van der Waals surface area contributed by atoms with Crippen molar-refractivity contribution in [2.24, 2.45) is 0 Å².